The molecular formula is C28H18CuO8. The molecule has 4 aromatic rings. The van der Waals surface area contributed by atoms with Gasteiger partial charge in [-0.3, -0.25) is 9.59 Å². The maximum atomic E-state index is 12.1. The van der Waals surface area contributed by atoms with Crippen LogP contribution in [0, 0.1) is 0 Å². The van der Waals surface area contributed by atoms with Gasteiger partial charge in [-0.2, -0.15) is 0 Å². The van der Waals surface area contributed by atoms with E-state index < -0.39 is 35.0 Å². The average molecular weight is 546 g/mol. The molecule has 0 spiro atoms. The molecule has 4 rings (SSSR count). The summed E-state index contributed by atoms with van der Waals surface area (Å²) in [6.45, 7) is 0. The molecule has 0 bridgehead atoms. The zero-order chi connectivity index (χ0) is 26.2. The second kappa shape index (κ2) is 12.8. The van der Waals surface area contributed by atoms with Crippen molar-refractivity contribution in [1.82, 2.24) is 0 Å². The van der Waals surface area contributed by atoms with Gasteiger partial charge >= 0.3 is 29.0 Å². The Morgan fingerprint density at radius 1 is 0.432 bits per heavy atom. The van der Waals surface area contributed by atoms with Crippen molar-refractivity contribution in [3.8, 4) is 11.5 Å². The Morgan fingerprint density at radius 3 is 0.946 bits per heavy atom. The second-order valence-corrected chi connectivity index (χ2v) is 7.35. The first-order chi connectivity index (χ1) is 17.2. The van der Waals surface area contributed by atoms with E-state index in [0.717, 1.165) is 0 Å². The third-order valence-corrected chi connectivity index (χ3v) is 5.07. The molecule has 37 heavy (non-hydrogen) atoms. The molecule has 0 fully saturated rings. The Labute approximate surface area is 221 Å². The molecule has 0 aromatic heterocycles. The normalized spacial score (nSPS) is 9.73. The van der Waals surface area contributed by atoms with E-state index in [0.29, 0.717) is 0 Å². The van der Waals surface area contributed by atoms with Crippen molar-refractivity contribution >= 4 is 23.5 Å². The molecule has 189 valence electrons. The molecule has 1 radical (unpaired) electrons. The summed E-state index contributed by atoms with van der Waals surface area (Å²) in [6.07, 6.45) is 0. The Bertz CT molecular complexity index is 1350. The van der Waals surface area contributed by atoms with Gasteiger partial charge in [-0.15, -0.1) is 0 Å². The van der Waals surface area contributed by atoms with Crippen molar-refractivity contribution in [2.75, 3.05) is 0 Å². The minimum atomic E-state index is -1.19. The minimum Gasteiger partial charge on any atom is -0.872 e. The molecule has 0 aliphatic rings. The van der Waals surface area contributed by atoms with E-state index in [1.165, 1.54) is 72.8 Å². The van der Waals surface area contributed by atoms with Gasteiger partial charge in [0.15, 0.2) is 11.6 Å². The first-order valence-corrected chi connectivity index (χ1v) is 10.5. The summed E-state index contributed by atoms with van der Waals surface area (Å²) in [7, 11) is 0. The largest absolute Gasteiger partial charge is 2.00 e. The van der Waals surface area contributed by atoms with E-state index in [4.69, 9.17) is 10.2 Å². The molecule has 0 aliphatic heterocycles. The van der Waals surface area contributed by atoms with E-state index in [1.54, 1.807) is 24.3 Å². The van der Waals surface area contributed by atoms with Crippen LogP contribution in [-0.4, -0.2) is 33.7 Å². The first-order valence-electron chi connectivity index (χ1n) is 10.5. The fraction of sp³-hybridized carbons (Fsp3) is 0. The molecule has 0 unspecified atom stereocenters. The summed E-state index contributed by atoms with van der Waals surface area (Å²) in [5.74, 6) is -4.35. The minimum absolute atomic E-state index is 0. The molecule has 0 atom stereocenters. The van der Waals surface area contributed by atoms with Crippen molar-refractivity contribution in [2.45, 2.75) is 0 Å². The Morgan fingerprint density at radius 2 is 0.676 bits per heavy atom. The molecule has 0 aliphatic carbocycles. The fourth-order valence-corrected chi connectivity index (χ4v) is 3.33. The van der Waals surface area contributed by atoms with Crippen molar-refractivity contribution < 1.29 is 56.7 Å². The van der Waals surface area contributed by atoms with Crippen molar-refractivity contribution in [3.05, 3.63) is 130 Å². The number of hydrogen-bond acceptors (Lipinski definition) is 6. The monoisotopic (exact) mass is 545 g/mol. The van der Waals surface area contributed by atoms with Crippen LogP contribution < -0.4 is 10.2 Å². The summed E-state index contributed by atoms with van der Waals surface area (Å²) in [5.41, 5.74) is -0.212. The molecule has 0 heterocycles. The van der Waals surface area contributed by atoms with Crippen LogP contribution in [0.15, 0.2) is 97.1 Å². The van der Waals surface area contributed by atoms with Gasteiger partial charge in [-0.1, -0.05) is 96.4 Å². The Hall–Kier alpha value is -4.72. The number of carbonyl (C=O) groups is 4. The van der Waals surface area contributed by atoms with Gasteiger partial charge in [0.2, 0.25) is 0 Å². The van der Waals surface area contributed by atoms with Crippen LogP contribution in [0.3, 0.4) is 0 Å². The molecule has 2 N–H and O–H groups in total. The topological polar surface area (TPSA) is 155 Å². The molecule has 8 nitrogen and oxygen atoms in total. The number of carbonyl (C=O) groups excluding carboxylic acids is 2. The van der Waals surface area contributed by atoms with Crippen molar-refractivity contribution in [1.29, 1.82) is 0 Å². The number of aromatic carboxylic acids is 2. The zero-order valence-electron chi connectivity index (χ0n) is 18.9. The fourth-order valence-electron chi connectivity index (χ4n) is 3.33. The van der Waals surface area contributed by atoms with Crippen LogP contribution in [0.4, 0.5) is 0 Å². The van der Waals surface area contributed by atoms with E-state index in [-0.39, 0.29) is 50.4 Å². The van der Waals surface area contributed by atoms with Gasteiger partial charge in [0.1, 0.15) is 0 Å². The van der Waals surface area contributed by atoms with Crippen LogP contribution in [0.1, 0.15) is 52.6 Å². The van der Waals surface area contributed by atoms with E-state index in [1.807, 2.05) is 0 Å². The van der Waals surface area contributed by atoms with E-state index in [9.17, 15) is 29.4 Å². The van der Waals surface area contributed by atoms with Gasteiger partial charge in [0.05, 0.1) is 11.1 Å². The molecule has 0 amide bonds. The summed E-state index contributed by atoms with van der Waals surface area (Å²) in [6, 6.07) is 23.2. The number of hydrogen-bond donors (Lipinski definition) is 2. The first kappa shape index (κ1) is 28.5. The third-order valence-electron chi connectivity index (χ3n) is 5.07. The summed E-state index contributed by atoms with van der Waals surface area (Å²) >= 11 is 0. The standard InChI is InChI=1S/2C14H10O4.Cu/c2*15-12-8-4-3-7-11(12)13(16)9-5-1-2-6-10(9)14(17)18;/h2*1-8,15H,(H,17,18);/q;;+2/p-2. The Balaban J connectivity index is 0.000000253. The van der Waals surface area contributed by atoms with Crippen LogP contribution in [-0.2, 0) is 17.1 Å². The summed E-state index contributed by atoms with van der Waals surface area (Å²) < 4.78 is 0. The van der Waals surface area contributed by atoms with Crippen molar-refractivity contribution in [3.63, 3.8) is 0 Å². The Kier molecular flexibility index (Phi) is 9.89. The smallest absolute Gasteiger partial charge is 0.872 e. The maximum absolute atomic E-state index is 12.1. The number of carboxylic acid groups (broad SMARTS) is 2. The zero-order valence-corrected chi connectivity index (χ0v) is 19.8. The number of carboxylic acids is 2. The molecule has 0 saturated heterocycles. The van der Waals surface area contributed by atoms with Crippen LogP contribution >= 0.6 is 0 Å². The van der Waals surface area contributed by atoms with Crippen LogP contribution in [0.25, 0.3) is 0 Å². The molecular weight excluding hydrogens is 528 g/mol. The van der Waals surface area contributed by atoms with Crippen LogP contribution in [0.5, 0.6) is 11.5 Å². The molecule has 9 heteroatoms. The van der Waals surface area contributed by atoms with Gasteiger partial charge in [0, 0.05) is 22.3 Å². The SMILES string of the molecule is O=C(O)c1ccccc1C(=O)c1ccccc1[O-].O=C(O)c1ccccc1C(=O)c1ccccc1[O-].[Cu+2]. The second-order valence-electron chi connectivity index (χ2n) is 7.35. The predicted octanol–water partition coefficient (Wildman–Crippen LogP) is 3.38. The van der Waals surface area contributed by atoms with E-state index in [2.05, 4.69) is 0 Å². The maximum Gasteiger partial charge on any atom is 2.00 e. The molecule has 0 saturated carbocycles. The van der Waals surface area contributed by atoms with Crippen molar-refractivity contribution in [2.24, 2.45) is 0 Å². The number of ketones is 2. The average Bonchev–Trinajstić information content (AvgIpc) is 2.89. The summed E-state index contributed by atoms with van der Waals surface area (Å²) in [5, 5.41) is 41.1. The van der Waals surface area contributed by atoms with Gasteiger partial charge in [-0.05, 0) is 12.1 Å². The third kappa shape index (κ3) is 6.70. The molecule has 4 aromatic carbocycles. The number of rotatable bonds is 6. The number of benzene rings is 4. The quantitative estimate of drug-likeness (QED) is 0.276. The predicted molar refractivity (Wildman–Crippen MR) is 125 cm³/mol. The van der Waals surface area contributed by atoms with Gasteiger partial charge in [0.25, 0.3) is 0 Å². The van der Waals surface area contributed by atoms with Crippen LogP contribution in [0.2, 0.25) is 0 Å². The summed E-state index contributed by atoms with van der Waals surface area (Å²) in [4.78, 5) is 46.3. The van der Waals surface area contributed by atoms with Gasteiger partial charge in [-0.25, -0.2) is 9.59 Å². The van der Waals surface area contributed by atoms with Gasteiger partial charge < -0.3 is 20.4 Å². The number of para-hydroxylation sites is 2. The van der Waals surface area contributed by atoms with E-state index >= 15 is 0 Å².